The van der Waals surface area contributed by atoms with Crippen LogP contribution in [0.5, 0.6) is 5.75 Å². The van der Waals surface area contributed by atoms with Crippen LogP contribution >= 0.6 is 0 Å². The van der Waals surface area contributed by atoms with E-state index < -0.39 is 5.97 Å². The van der Waals surface area contributed by atoms with Crippen molar-refractivity contribution < 1.29 is 19.1 Å². The molecule has 102 valence electrons. The highest BCUT2D eigenvalue weighted by Gasteiger charge is 2.07. The third kappa shape index (κ3) is 4.83. The molecule has 5 nitrogen and oxygen atoms in total. The van der Waals surface area contributed by atoms with E-state index in [4.69, 9.17) is 9.47 Å². The van der Waals surface area contributed by atoms with Crippen LogP contribution in [-0.4, -0.2) is 25.6 Å². The number of carbonyl (C=O) groups is 2. The number of methoxy groups -OCH3 is 1. The zero-order valence-corrected chi connectivity index (χ0v) is 11.2. The molecule has 0 atom stereocenters. The fourth-order valence-corrected chi connectivity index (χ4v) is 1.39. The number of benzene rings is 1. The lowest BCUT2D eigenvalue weighted by Gasteiger charge is -2.06. The average molecular weight is 263 g/mol. The van der Waals surface area contributed by atoms with Gasteiger partial charge in [-0.1, -0.05) is 0 Å². The quantitative estimate of drug-likeness (QED) is 0.651. The number of hydrogen-bond donors (Lipinski definition) is 1. The average Bonchev–Trinajstić information content (AvgIpc) is 2.38. The van der Waals surface area contributed by atoms with E-state index in [-0.39, 0.29) is 5.91 Å². The summed E-state index contributed by atoms with van der Waals surface area (Å²) in [6.45, 7) is 3.64. The van der Waals surface area contributed by atoms with E-state index in [2.05, 4.69) is 5.32 Å². The molecule has 0 unspecified atom stereocenters. The van der Waals surface area contributed by atoms with E-state index in [1.165, 1.54) is 6.08 Å². The van der Waals surface area contributed by atoms with Crippen LogP contribution in [0, 0.1) is 0 Å². The third-order valence-corrected chi connectivity index (χ3v) is 2.28. The van der Waals surface area contributed by atoms with Crippen LogP contribution in [0.1, 0.15) is 24.2 Å². The minimum atomic E-state index is -0.477. The van der Waals surface area contributed by atoms with Crippen LogP contribution in [0.25, 0.3) is 0 Å². The van der Waals surface area contributed by atoms with Crippen LogP contribution in [0.4, 0.5) is 0 Å². The molecular weight excluding hydrogens is 246 g/mol. The summed E-state index contributed by atoms with van der Waals surface area (Å²) < 4.78 is 9.75. The van der Waals surface area contributed by atoms with Crippen LogP contribution in [0.2, 0.25) is 0 Å². The van der Waals surface area contributed by atoms with Gasteiger partial charge in [0.05, 0.1) is 13.7 Å². The van der Waals surface area contributed by atoms with Gasteiger partial charge in [-0.15, -0.1) is 0 Å². The number of nitrogens with one attached hydrogen (secondary N) is 1. The second kappa shape index (κ2) is 7.20. The van der Waals surface area contributed by atoms with Gasteiger partial charge in [0.1, 0.15) is 5.75 Å². The molecule has 1 aromatic carbocycles. The second-order valence-electron chi connectivity index (χ2n) is 3.76. The topological polar surface area (TPSA) is 64.6 Å². The van der Waals surface area contributed by atoms with Crippen molar-refractivity contribution in [2.75, 3.05) is 13.7 Å². The molecular formula is C14H17NO4. The van der Waals surface area contributed by atoms with Gasteiger partial charge in [-0.25, -0.2) is 4.79 Å². The lowest BCUT2D eigenvalue weighted by molar-refractivity contribution is -0.137. The van der Waals surface area contributed by atoms with Crippen molar-refractivity contribution >= 4 is 11.9 Å². The number of esters is 1. The molecule has 1 N–H and O–H groups in total. The van der Waals surface area contributed by atoms with Crippen LogP contribution < -0.4 is 10.1 Å². The molecule has 1 amide bonds. The Morgan fingerprint density at radius 1 is 1.26 bits per heavy atom. The lowest BCUT2D eigenvalue weighted by atomic mass is 10.2. The zero-order valence-electron chi connectivity index (χ0n) is 11.2. The van der Waals surface area contributed by atoms with Crippen molar-refractivity contribution in [3.05, 3.63) is 41.6 Å². The van der Waals surface area contributed by atoms with Crippen LogP contribution in [0.3, 0.4) is 0 Å². The van der Waals surface area contributed by atoms with Gasteiger partial charge in [0.2, 0.25) is 0 Å². The molecule has 0 aliphatic carbocycles. The van der Waals surface area contributed by atoms with Crippen molar-refractivity contribution in [2.24, 2.45) is 0 Å². The fourth-order valence-electron chi connectivity index (χ4n) is 1.39. The van der Waals surface area contributed by atoms with Gasteiger partial charge in [-0.2, -0.15) is 0 Å². The highest BCUT2D eigenvalue weighted by atomic mass is 16.5. The Hall–Kier alpha value is -2.30. The molecule has 0 fully saturated rings. The largest absolute Gasteiger partial charge is 0.497 e. The predicted octanol–water partition coefficient (Wildman–Crippen LogP) is 1.89. The first kappa shape index (κ1) is 14.8. The molecule has 0 aliphatic rings. The number of hydrogen-bond acceptors (Lipinski definition) is 4. The molecule has 0 spiro atoms. The number of amides is 1. The Labute approximate surface area is 112 Å². The number of rotatable bonds is 5. The van der Waals surface area contributed by atoms with E-state index >= 15 is 0 Å². The molecule has 0 saturated heterocycles. The first-order valence-corrected chi connectivity index (χ1v) is 5.87. The maximum atomic E-state index is 11.8. The monoisotopic (exact) mass is 263 g/mol. The number of carbonyl (C=O) groups excluding carboxylic acids is 2. The van der Waals surface area contributed by atoms with E-state index in [9.17, 15) is 9.59 Å². The van der Waals surface area contributed by atoms with Crippen molar-refractivity contribution in [1.29, 1.82) is 0 Å². The summed E-state index contributed by atoms with van der Waals surface area (Å²) in [6, 6.07) is 6.68. The van der Waals surface area contributed by atoms with E-state index in [1.54, 1.807) is 45.2 Å². The summed E-state index contributed by atoms with van der Waals surface area (Å²) in [5.74, 6) is -0.0916. The summed E-state index contributed by atoms with van der Waals surface area (Å²) in [5, 5.41) is 2.60. The van der Waals surface area contributed by atoms with E-state index in [0.717, 1.165) is 0 Å². The first-order valence-electron chi connectivity index (χ1n) is 5.87. The third-order valence-electron chi connectivity index (χ3n) is 2.28. The SMILES string of the molecule is CCOC(=O)C=C(C)NC(=O)c1ccc(OC)cc1. The molecule has 1 rings (SSSR count). The number of allylic oxidation sites excluding steroid dienone is 1. The Bertz CT molecular complexity index is 477. The highest BCUT2D eigenvalue weighted by molar-refractivity contribution is 5.96. The molecule has 19 heavy (non-hydrogen) atoms. The maximum absolute atomic E-state index is 11.8. The van der Waals surface area contributed by atoms with Gasteiger partial charge in [-0.3, -0.25) is 4.79 Å². The summed E-state index contributed by atoms with van der Waals surface area (Å²) in [4.78, 5) is 23.0. The second-order valence-corrected chi connectivity index (χ2v) is 3.76. The molecule has 0 radical (unpaired) electrons. The normalized spacial score (nSPS) is 10.8. The minimum absolute atomic E-state index is 0.291. The smallest absolute Gasteiger partial charge is 0.332 e. The van der Waals surface area contributed by atoms with Gasteiger partial charge in [0, 0.05) is 17.3 Å². The predicted molar refractivity (Wildman–Crippen MR) is 70.9 cm³/mol. The highest BCUT2D eigenvalue weighted by Crippen LogP contribution is 2.11. The van der Waals surface area contributed by atoms with Gasteiger partial charge in [0.15, 0.2) is 0 Å². The minimum Gasteiger partial charge on any atom is -0.497 e. The van der Waals surface area contributed by atoms with Gasteiger partial charge < -0.3 is 14.8 Å². The fraction of sp³-hybridized carbons (Fsp3) is 0.286. The summed E-state index contributed by atoms with van der Waals surface area (Å²) in [6.07, 6.45) is 1.24. The van der Waals surface area contributed by atoms with Gasteiger partial charge in [-0.05, 0) is 38.1 Å². The summed E-state index contributed by atoms with van der Waals surface area (Å²) in [7, 11) is 1.56. The Balaban J connectivity index is 2.65. The van der Waals surface area contributed by atoms with Crippen molar-refractivity contribution in [3.63, 3.8) is 0 Å². The maximum Gasteiger partial charge on any atom is 0.332 e. The van der Waals surface area contributed by atoms with Gasteiger partial charge >= 0.3 is 5.97 Å². The summed E-state index contributed by atoms with van der Waals surface area (Å²) >= 11 is 0. The van der Waals surface area contributed by atoms with Crippen molar-refractivity contribution in [3.8, 4) is 5.75 Å². The molecule has 0 saturated carbocycles. The van der Waals surface area contributed by atoms with Crippen molar-refractivity contribution in [2.45, 2.75) is 13.8 Å². The molecule has 0 aliphatic heterocycles. The van der Waals surface area contributed by atoms with Gasteiger partial charge in [0.25, 0.3) is 5.91 Å². The Morgan fingerprint density at radius 3 is 2.42 bits per heavy atom. The lowest BCUT2D eigenvalue weighted by Crippen LogP contribution is -2.22. The molecule has 0 bridgehead atoms. The van der Waals surface area contributed by atoms with E-state index in [0.29, 0.717) is 23.6 Å². The summed E-state index contributed by atoms with van der Waals surface area (Å²) in [5.41, 5.74) is 0.914. The molecule has 0 aromatic heterocycles. The first-order chi connectivity index (χ1) is 9.06. The van der Waals surface area contributed by atoms with Crippen LogP contribution in [-0.2, 0) is 9.53 Å². The number of ether oxygens (including phenoxy) is 2. The van der Waals surface area contributed by atoms with E-state index in [1.807, 2.05) is 0 Å². The molecule has 1 aromatic rings. The van der Waals surface area contributed by atoms with Crippen LogP contribution in [0.15, 0.2) is 36.0 Å². The Kier molecular flexibility index (Phi) is 5.60. The van der Waals surface area contributed by atoms with Crippen molar-refractivity contribution in [1.82, 2.24) is 5.32 Å². The zero-order chi connectivity index (χ0) is 14.3. The standard InChI is InChI=1S/C14H17NO4/c1-4-19-13(16)9-10(2)15-14(17)11-5-7-12(18-3)8-6-11/h5-9H,4H2,1-3H3,(H,15,17). The molecule has 5 heteroatoms. The Morgan fingerprint density at radius 2 is 1.89 bits per heavy atom. The molecule has 0 heterocycles.